The van der Waals surface area contributed by atoms with E-state index in [1.165, 1.54) is 30.3 Å². The second-order valence-corrected chi connectivity index (χ2v) is 22.2. The molecule has 33 heteroatoms. The van der Waals surface area contributed by atoms with Gasteiger partial charge in [-0.2, -0.15) is 51.9 Å². The molecule has 69 heavy (non-hydrogen) atoms. The third-order valence-electron chi connectivity index (χ3n) is 9.27. The number of hydrogen-bond donors (Lipinski definition) is 7. The van der Waals surface area contributed by atoms with E-state index in [-0.39, 0.29) is 66.9 Å². The maximum Gasteiger partial charge on any atom is 0.297 e. The average molecular weight is 1070 g/mol. The quantitative estimate of drug-likeness (QED) is 0.0284. The molecule has 7 rings (SSSR count). The number of azo groups is 3. The Hall–Kier alpha value is -6.79. The predicted molar refractivity (Wildman–Crippen MR) is 240 cm³/mol. The topological polar surface area (TPSA) is 426 Å². The molecule has 0 aliphatic heterocycles. The summed E-state index contributed by atoms with van der Waals surface area (Å²) in [6.07, 6.45) is 0.652. The van der Waals surface area contributed by atoms with E-state index in [0.29, 0.717) is 28.4 Å². The summed E-state index contributed by atoms with van der Waals surface area (Å²) >= 11 is 0.827. The van der Waals surface area contributed by atoms with Crippen LogP contribution in [0.4, 0.5) is 33.6 Å². The molecule has 0 saturated carbocycles. The molecule has 0 amide bonds. The molecule has 362 valence electrons. The van der Waals surface area contributed by atoms with Gasteiger partial charge in [0.15, 0.2) is 11.4 Å². The molecule has 0 bridgehead atoms. The maximum atomic E-state index is 12.8. The summed E-state index contributed by atoms with van der Waals surface area (Å²) in [5, 5.41) is 49.4. The summed E-state index contributed by atoms with van der Waals surface area (Å²) in [6, 6.07) is 13.1. The molecule has 0 aliphatic carbocycles. The number of fused-ring (bicyclic) bond motifs is 2. The summed E-state index contributed by atoms with van der Waals surface area (Å²) < 4.78 is 174. The van der Waals surface area contributed by atoms with Gasteiger partial charge in [-0.25, -0.2) is 4.98 Å². The first-order valence-corrected chi connectivity index (χ1v) is 26.8. The first-order valence-electron chi connectivity index (χ1n) is 18.6. The highest BCUT2D eigenvalue weighted by Crippen LogP contribution is 2.44. The van der Waals surface area contributed by atoms with Crippen LogP contribution in [-0.4, -0.2) is 102 Å². The first-order chi connectivity index (χ1) is 32.1. The molecule has 2 aromatic heterocycles. The fraction of sp³-hybridized carbons (Fsp3) is 0.111. The van der Waals surface area contributed by atoms with Gasteiger partial charge >= 0.3 is 0 Å². The normalized spacial score (nSPS) is 13.2. The molecule has 0 unspecified atom stereocenters. The number of aromatic nitrogens is 3. The van der Waals surface area contributed by atoms with Gasteiger partial charge in [-0.15, -0.1) is 30.7 Å². The lowest BCUT2D eigenvalue weighted by Gasteiger charge is -2.11. The Morgan fingerprint density at radius 2 is 1.25 bits per heavy atom. The van der Waals surface area contributed by atoms with E-state index >= 15 is 0 Å². The van der Waals surface area contributed by atoms with Gasteiger partial charge in [-0.05, 0) is 73.5 Å². The molecule has 2 heterocycles. The van der Waals surface area contributed by atoms with Crippen molar-refractivity contribution in [3.05, 3.63) is 84.6 Å². The van der Waals surface area contributed by atoms with Crippen LogP contribution in [0.25, 0.3) is 26.7 Å². The number of phenolic OH excluding ortho intramolecular Hbond substituents is 1. The van der Waals surface area contributed by atoms with Crippen LogP contribution in [0.3, 0.4) is 0 Å². The van der Waals surface area contributed by atoms with Crippen molar-refractivity contribution in [3.63, 3.8) is 0 Å². The number of nitrogens with zero attached hydrogens (tertiary/aromatic N) is 9. The van der Waals surface area contributed by atoms with E-state index in [0.717, 1.165) is 41.8 Å². The van der Waals surface area contributed by atoms with E-state index in [1.54, 1.807) is 6.92 Å². The van der Waals surface area contributed by atoms with E-state index < -0.39 is 99.7 Å². The minimum Gasteiger partial charge on any atom is -0.505 e. The van der Waals surface area contributed by atoms with Crippen LogP contribution in [0.1, 0.15) is 12.0 Å². The number of phenols is 1. The zero-order valence-corrected chi connectivity index (χ0v) is 39.1. The Kier molecular flexibility index (Phi) is 13.5. The number of rotatable bonds is 16. The predicted octanol–water partition coefficient (Wildman–Crippen LogP) is 7.24. The maximum absolute atomic E-state index is 12.8. The van der Waals surface area contributed by atoms with Crippen LogP contribution >= 0.6 is 11.3 Å². The fourth-order valence-electron chi connectivity index (χ4n) is 6.20. The van der Waals surface area contributed by atoms with E-state index in [1.807, 2.05) is 0 Å². The van der Waals surface area contributed by atoms with Crippen LogP contribution in [0, 0.1) is 6.92 Å². The Labute approximate surface area is 392 Å². The van der Waals surface area contributed by atoms with Crippen LogP contribution in [0.15, 0.2) is 129 Å². The summed E-state index contributed by atoms with van der Waals surface area (Å²) in [5.41, 5.74) is -1.08. The number of aromatic hydroxyl groups is 2. The number of benzene rings is 5. The lowest BCUT2D eigenvalue weighted by molar-refractivity contribution is 0.317. The SMILES string of the molecule is Cc1cc(N=Nc2ccc3c(S(=O)(=O)O)c(N=Nc4cnn(-c5cc(S(=O)(=O)O)cc(S(=O)(=O)O)c5)c4O)ccc3c2O)c(OCCCS(=O)(=O)O)cc1N=Nc1nc2cccc(S(=O)(=O)O)c2s1. The molecule has 0 radical (unpaired) electrons. The molecule has 0 aliphatic rings. The average Bonchev–Trinajstić information content (AvgIpc) is 3.84. The first kappa shape index (κ1) is 50.1. The summed E-state index contributed by atoms with van der Waals surface area (Å²) in [5.74, 6) is -2.30. The zero-order valence-electron chi connectivity index (χ0n) is 34.2. The molecular weight excluding hydrogens is 1040 g/mol. The van der Waals surface area contributed by atoms with Crippen molar-refractivity contribution in [1.82, 2.24) is 14.8 Å². The van der Waals surface area contributed by atoms with Gasteiger partial charge in [0.05, 0.1) is 49.9 Å². The van der Waals surface area contributed by atoms with Crippen molar-refractivity contribution in [3.8, 4) is 23.1 Å². The van der Waals surface area contributed by atoms with Gasteiger partial charge in [0.25, 0.3) is 50.6 Å². The number of thiazole rings is 1. The zero-order chi connectivity index (χ0) is 50.4. The number of aryl methyl sites for hydroxylation is 1. The van der Waals surface area contributed by atoms with Crippen molar-refractivity contribution in [1.29, 1.82) is 0 Å². The van der Waals surface area contributed by atoms with Crippen LogP contribution in [0.2, 0.25) is 0 Å². The van der Waals surface area contributed by atoms with Crippen LogP contribution in [0.5, 0.6) is 17.4 Å². The third-order valence-corrected chi connectivity index (χ3v) is 14.7. The monoisotopic (exact) mass is 1070 g/mol. The van der Waals surface area contributed by atoms with Gasteiger partial charge in [-0.1, -0.05) is 23.5 Å². The molecule has 27 nitrogen and oxygen atoms in total. The Morgan fingerprint density at radius 3 is 1.88 bits per heavy atom. The van der Waals surface area contributed by atoms with Crippen molar-refractivity contribution < 1.29 is 79.8 Å². The van der Waals surface area contributed by atoms with Crippen LogP contribution in [-0.2, 0) is 50.6 Å². The van der Waals surface area contributed by atoms with Gasteiger partial charge in [0, 0.05) is 16.8 Å². The van der Waals surface area contributed by atoms with E-state index in [4.69, 9.17) is 4.74 Å². The third kappa shape index (κ3) is 11.4. The van der Waals surface area contributed by atoms with Gasteiger partial charge in [0.2, 0.25) is 11.0 Å². The molecule has 0 saturated heterocycles. The lowest BCUT2D eigenvalue weighted by atomic mass is 10.1. The minimum absolute atomic E-state index is 0.0106. The summed E-state index contributed by atoms with van der Waals surface area (Å²) in [4.78, 5) is 0.947. The second kappa shape index (κ2) is 18.6. The fourth-order valence-corrected chi connectivity index (χ4v) is 10.5. The Morgan fingerprint density at radius 1 is 0.638 bits per heavy atom. The number of hydrogen-bond acceptors (Lipinski definition) is 22. The molecular formula is C36H29N9O18S6. The lowest BCUT2D eigenvalue weighted by Crippen LogP contribution is -2.08. The van der Waals surface area contributed by atoms with Crippen molar-refractivity contribution in [2.75, 3.05) is 12.4 Å². The molecule has 7 aromatic rings. The molecule has 0 atom stereocenters. The van der Waals surface area contributed by atoms with Crippen LogP contribution < -0.4 is 4.74 Å². The van der Waals surface area contributed by atoms with Crippen molar-refractivity contribution in [2.45, 2.75) is 32.9 Å². The second-order valence-electron chi connectivity index (χ2n) is 14.1. The molecule has 7 N–H and O–H groups in total. The van der Waals surface area contributed by atoms with Gasteiger partial charge in [0.1, 0.15) is 32.6 Å². The largest absolute Gasteiger partial charge is 0.505 e. The minimum atomic E-state index is -5.19. The molecule has 0 spiro atoms. The Balaban J connectivity index is 1.21. The van der Waals surface area contributed by atoms with E-state index in [9.17, 15) is 75.1 Å². The van der Waals surface area contributed by atoms with Crippen molar-refractivity contribution in [2.24, 2.45) is 30.7 Å². The summed E-state index contributed by atoms with van der Waals surface area (Å²) in [6.45, 7) is 1.31. The molecule has 0 fully saturated rings. The number of ether oxygens (including phenoxy) is 1. The Bertz CT molecular complexity index is 3880. The van der Waals surface area contributed by atoms with Crippen molar-refractivity contribution >= 4 is 116 Å². The highest BCUT2D eigenvalue weighted by atomic mass is 32.2. The van der Waals surface area contributed by atoms with Gasteiger partial charge in [-0.3, -0.25) is 22.8 Å². The highest BCUT2D eigenvalue weighted by Gasteiger charge is 2.25. The standard InChI is InChI=1S/C36H29N9O18S6/c1-18-12-28(30(63-10-3-11-65(48,49)50)16-27(18)41-44-36-38-25-4-2-5-31(33(25)64-36)68(57,58)59)42-39-24-8-7-23-22(32(24)46)6-9-26(34(23)69(60,61)62)40-43-29-17-37-45(35(29)47)19-13-20(66(51,52)53)15-21(14-19)67(54,55)56/h2,4-9,12-17,46-47H,3,10-11H2,1H3,(H,48,49,50)(H,51,52,53)(H,54,55,56)(H,57,58,59)(H,60,61,62). The van der Waals surface area contributed by atoms with Gasteiger partial charge < -0.3 is 14.9 Å². The van der Waals surface area contributed by atoms with E-state index in [2.05, 4.69) is 40.8 Å². The highest BCUT2D eigenvalue weighted by molar-refractivity contribution is 7.87. The molecule has 5 aromatic carbocycles. The summed E-state index contributed by atoms with van der Waals surface area (Å²) in [7, 11) is -24.2. The smallest absolute Gasteiger partial charge is 0.297 e.